The Morgan fingerprint density at radius 1 is 1.44 bits per heavy atom. The van der Waals surface area contributed by atoms with Crippen molar-refractivity contribution in [3.05, 3.63) is 35.4 Å². The van der Waals surface area contributed by atoms with E-state index >= 15 is 0 Å². The summed E-state index contributed by atoms with van der Waals surface area (Å²) in [6.07, 6.45) is 1.12. The van der Waals surface area contributed by atoms with E-state index in [1.165, 1.54) is 12.1 Å². The Labute approximate surface area is 94.0 Å². The summed E-state index contributed by atoms with van der Waals surface area (Å²) in [5.41, 5.74) is 1.76. The number of rotatable bonds is 3. The van der Waals surface area contributed by atoms with E-state index in [0.717, 1.165) is 6.20 Å². The summed E-state index contributed by atoms with van der Waals surface area (Å²) >= 11 is 0. The van der Waals surface area contributed by atoms with Gasteiger partial charge in [0, 0.05) is 5.57 Å². The topological polar surface area (TPSA) is 39.2 Å². The molecule has 0 fully saturated rings. The molecule has 0 saturated heterocycles. The number of pyridine rings is 1. The number of ether oxygens (including phenoxy) is 1. The highest BCUT2D eigenvalue weighted by Crippen LogP contribution is 2.16. The largest absolute Gasteiger partial charge is 0.463 e. The number of nitrogens with zero attached hydrogens (tertiary/aromatic N) is 1. The molecule has 0 bridgehead atoms. The molecule has 0 amide bonds. The maximum absolute atomic E-state index is 12.7. The summed E-state index contributed by atoms with van der Waals surface area (Å²) in [4.78, 5) is 15.3. The summed E-state index contributed by atoms with van der Waals surface area (Å²) in [5, 5.41) is 0. The monoisotopic (exact) mass is 223 g/mol. The lowest BCUT2D eigenvalue weighted by molar-refractivity contribution is -0.138. The molecular formula is C12H14FNO2. The van der Waals surface area contributed by atoms with E-state index < -0.39 is 5.82 Å². The Morgan fingerprint density at radius 3 is 2.62 bits per heavy atom. The number of esters is 1. The average Bonchev–Trinajstić information content (AvgIpc) is 2.28. The molecule has 0 aliphatic heterocycles. The first kappa shape index (κ1) is 12.4. The highest BCUT2D eigenvalue weighted by Gasteiger charge is 2.10. The fourth-order valence-corrected chi connectivity index (χ4v) is 1.18. The van der Waals surface area contributed by atoms with Gasteiger partial charge in [-0.05, 0) is 38.5 Å². The zero-order chi connectivity index (χ0) is 12.1. The zero-order valence-electron chi connectivity index (χ0n) is 9.58. The van der Waals surface area contributed by atoms with Crippen LogP contribution in [-0.2, 0) is 9.53 Å². The molecule has 1 rings (SSSR count). The molecule has 0 aromatic carbocycles. The maximum atomic E-state index is 12.7. The first-order valence-electron chi connectivity index (χ1n) is 5.02. The number of allylic oxidation sites excluding steroid dienone is 1. The molecule has 0 unspecified atom stereocenters. The summed E-state index contributed by atoms with van der Waals surface area (Å²) in [5.74, 6) is -0.767. The molecule has 1 aromatic heterocycles. The van der Waals surface area contributed by atoms with Crippen LogP contribution in [0.5, 0.6) is 0 Å². The first-order valence-corrected chi connectivity index (χ1v) is 5.02. The molecule has 0 aliphatic carbocycles. The lowest BCUT2D eigenvalue weighted by Crippen LogP contribution is -2.07. The van der Waals surface area contributed by atoms with Gasteiger partial charge in [-0.1, -0.05) is 0 Å². The zero-order valence-corrected chi connectivity index (χ0v) is 9.58. The standard InChI is InChI=1S/C12H14FNO2/c1-4-16-12(15)9(3)8(2)11-6-5-10(13)7-14-11/h5-7H,4H2,1-3H3/b9-8-. The molecule has 16 heavy (non-hydrogen) atoms. The van der Waals surface area contributed by atoms with Gasteiger partial charge in [0.25, 0.3) is 0 Å². The third kappa shape index (κ3) is 2.89. The van der Waals surface area contributed by atoms with Crippen molar-refractivity contribution in [1.29, 1.82) is 0 Å². The summed E-state index contributed by atoms with van der Waals surface area (Å²) in [6.45, 7) is 5.50. The molecule has 3 nitrogen and oxygen atoms in total. The van der Waals surface area contributed by atoms with Gasteiger partial charge in [0.2, 0.25) is 0 Å². The van der Waals surface area contributed by atoms with Crippen LogP contribution >= 0.6 is 0 Å². The van der Waals surface area contributed by atoms with Crippen LogP contribution in [0.1, 0.15) is 26.5 Å². The quantitative estimate of drug-likeness (QED) is 0.584. The van der Waals surface area contributed by atoms with Gasteiger partial charge in [-0.2, -0.15) is 0 Å². The molecule has 86 valence electrons. The molecule has 1 aromatic rings. The van der Waals surface area contributed by atoms with Crippen LogP contribution in [0.2, 0.25) is 0 Å². The van der Waals surface area contributed by atoms with Crippen LogP contribution in [0, 0.1) is 5.82 Å². The van der Waals surface area contributed by atoms with Crippen molar-refractivity contribution < 1.29 is 13.9 Å². The van der Waals surface area contributed by atoms with Gasteiger partial charge in [-0.25, -0.2) is 9.18 Å². The second-order valence-corrected chi connectivity index (χ2v) is 3.33. The van der Waals surface area contributed by atoms with Crippen molar-refractivity contribution in [2.45, 2.75) is 20.8 Å². The highest BCUT2D eigenvalue weighted by molar-refractivity contribution is 5.96. The predicted octanol–water partition coefficient (Wildman–Crippen LogP) is 2.58. The third-order valence-electron chi connectivity index (χ3n) is 2.26. The molecule has 0 spiro atoms. The van der Waals surface area contributed by atoms with Crippen LogP contribution in [0.25, 0.3) is 5.57 Å². The SMILES string of the molecule is CCOC(=O)/C(C)=C(/C)c1ccc(F)cn1. The van der Waals surface area contributed by atoms with Gasteiger partial charge >= 0.3 is 5.97 Å². The van der Waals surface area contributed by atoms with Crippen LogP contribution in [0.4, 0.5) is 4.39 Å². The number of aromatic nitrogens is 1. The Kier molecular flexibility index (Phi) is 4.17. The minimum Gasteiger partial charge on any atom is -0.463 e. The van der Waals surface area contributed by atoms with Crippen molar-refractivity contribution in [2.24, 2.45) is 0 Å². The van der Waals surface area contributed by atoms with Gasteiger partial charge in [0.05, 0.1) is 18.5 Å². The van der Waals surface area contributed by atoms with E-state index in [1.54, 1.807) is 20.8 Å². The Morgan fingerprint density at radius 2 is 2.12 bits per heavy atom. The fourth-order valence-electron chi connectivity index (χ4n) is 1.18. The van der Waals surface area contributed by atoms with Gasteiger partial charge in [0.15, 0.2) is 0 Å². The second-order valence-electron chi connectivity index (χ2n) is 3.33. The van der Waals surface area contributed by atoms with E-state index in [-0.39, 0.29) is 5.97 Å². The lowest BCUT2D eigenvalue weighted by atomic mass is 10.1. The number of carbonyl (C=O) groups excluding carboxylic acids is 1. The minimum atomic E-state index is -0.398. The number of halogens is 1. The van der Waals surface area contributed by atoms with Gasteiger partial charge < -0.3 is 4.74 Å². The maximum Gasteiger partial charge on any atom is 0.334 e. The predicted molar refractivity (Wildman–Crippen MR) is 59.1 cm³/mol. The van der Waals surface area contributed by atoms with E-state index in [0.29, 0.717) is 23.4 Å². The van der Waals surface area contributed by atoms with E-state index in [2.05, 4.69) is 4.98 Å². The lowest BCUT2D eigenvalue weighted by Gasteiger charge is -2.06. The van der Waals surface area contributed by atoms with Crippen molar-refractivity contribution in [3.8, 4) is 0 Å². The molecule has 0 saturated carbocycles. The van der Waals surface area contributed by atoms with Crippen LogP contribution < -0.4 is 0 Å². The van der Waals surface area contributed by atoms with Crippen molar-refractivity contribution in [3.63, 3.8) is 0 Å². The minimum absolute atomic E-state index is 0.334. The van der Waals surface area contributed by atoms with Crippen molar-refractivity contribution >= 4 is 11.5 Å². The Hall–Kier alpha value is -1.71. The van der Waals surface area contributed by atoms with Crippen LogP contribution in [-0.4, -0.2) is 17.6 Å². The van der Waals surface area contributed by atoms with Crippen LogP contribution in [0.3, 0.4) is 0 Å². The second kappa shape index (κ2) is 5.39. The van der Waals surface area contributed by atoms with Gasteiger partial charge in [-0.3, -0.25) is 4.98 Å². The van der Waals surface area contributed by atoms with Gasteiger partial charge in [0.1, 0.15) is 5.82 Å². The van der Waals surface area contributed by atoms with Crippen LogP contribution in [0.15, 0.2) is 23.9 Å². The molecule has 0 aliphatic rings. The molecule has 0 atom stereocenters. The number of hydrogen-bond acceptors (Lipinski definition) is 3. The Balaban J connectivity index is 2.99. The normalized spacial score (nSPS) is 12.0. The first-order chi connectivity index (χ1) is 7.56. The van der Waals surface area contributed by atoms with Crippen molar-refractivity contribution in [2.75, 3.05) is 6.61 Å². The molecule has 0 radical (unpaired) electrons. The van der Waals surface area contributed by atoms with Gasteiger partial charge in [-0.15, -0.1) is 0 Å². The van der Waals surface area contributed by atoms with Crippen molar-refractivity contribution in [1.82, 2.24) is 4.98 Å². The third-order valence-corrected chi connectivity index (χ3v) is 2.26. The summed E-state index contributed by atoms with van der Waals surface area (Å²) in [6, 6.07) is 2.84. The Bertz CT molecular complexity index is 410. The number of carbonyl (C=O) groups is 1. The number of hydrogen-bond donors (Lipinski definition) is 0. The highest BCUT2D eigenvalue weighted by atomic mass is 19.1. The smallest absolute Gasteiger partial charge is 0.334 e. The average molecular weight is 223 g/mol. The summed E-state index contributed by atoms with van der Waals surface area (Å²) < 4.78 is 17.5. The van der Waals surface area contributed by atoms with E-state index in [9.17, 15) is 9.18 Å². The molecule has 4 heteroatoms. The van der Waals surface area contributed by atoms with E-state index in [4.69, 9.17) is 4.74 Å². The molecular weight excluding hydrogens is 209 g/mol. The van der Waals surface area contributed by atoms with E-state index in [1.807, 2.05) is 0 Å². The summed E-state index contributed by atoms with van der Waals surface area (Å²) in [7, 11) is 0. The fraction of sp³-hybridized carbons (Fsp3) is 0.333. The molecule has 1 heterocycles. The molecule has 0 N–H and O–H groups in total.